The molecule has 0 radical (unpaired) electrons. The van der Waals surface area contributed by atoms with Gasteiger partial charge in [0.1, 0.15) is 0 Å². The third-order valence-corrected chi connectivity index (χ3v) is 9.32. The summed E-state index contributed by atoms with van der Waals surface area (Å²) in [5.74, 6) is 0.324. The Morgan fingerprint density at radius 2 is 1.68 bits per heavy atom. The maximum atomic E-state index is 13.7. The molecule has 1 saturated heterocycles. The van der Waals surface area contributed by atoms with Crippen LogP contribution in [0.5, 0.6) is 0 Å². The van der Waals surface area contributed by atoms with Crippen molar-refractivity contribution in [3.05, 3.63) is 77.9 Å². The van der Waals surface area contributed by atoms with Crippen LogP contribution < -0.4 is 0 Å². The number of benzene rings is 3. The lowest BCUT2D eigenvalue weighted by Crippen LogP contribution is -2.47. The van der Waals surface area contributed by atoms with Crippen molar-refractivity contribution < 1.29 is 13.2 Å². The van der Waals surface area contributed by atoms with Gasteiger partial charge in [-0.15, -0.1) is 0 Å². The zero-order valence-electron chi connectivity index (χ0n) is 19.9. The molecule has 0 saturated carbocycles. The van der Waals surface area contributed by atoms with Gasteiger partial charge in [-0.05, 0) is 72.2 Å². The molecule has 1 heterocycles. The first kappa shape index (κ1) is 23.5. The monoisotopic (exact) mass is 478 g/mol. The van der Waals surface area contributed by atoms with Crippen LogP contribution in [0.3, 0.4) is 0 Å². The topological polar surface area (TPSA) is 49.9 Å². The fourth-order valence-corrected chi connectivity index (χ4v) is 7.18. The number of ether oxygens (including phenoxy) is 1. The average molecular weight is 479 g/mol. The quantitative estimate of drug-likeness (QED) is 0.483. The predicted molar refractivity (Wildman–Crippen MR) is 137 cm³/mol. The summed E-state index contributed by atoms with van der Waals surface area (Å²) in [7, 11) is -1.98. The Morgan fingerprint density at radius 3 is 2.41 bits per heavy atom. The van der Waals surface area contributed by atoms with Gasteiger partial charge in [0, 0.05) is 32.8 Å². The lowest BCUT2D eigenvalue weighted by Gasteiger charge is -2.38. The maximum absolute atomic E-state index is 13.7. The lowest BCUT2D eigenvalue weighted by molar-refractivity contribution is 0.109. The van der Waals surface area contributed by atoms with Crippen molar-refractivity contribution in [1.29, 1.82) is 0 Å². The van der Waals surface area contributed by atoms with Crippen molar-refractivity contribution in [2.45, 2.75) is 36.6 Å². The van der Waals surface area contributed by atoms with Crippen LogP contribution in [-0.4, -0.2) is 63.6 Å². The normalized spacial score (nSPS) is 19.6. The van der Waals surface area contributed by atoms with Crippen LogP contribution in [0, 0.1) is 5.92 Å². The van der Waals surface area contributed by atoms with Crippen molar-refractivity contribution in [2.75, 3.05) is 39.9 Å². The van der Waals surface area contributed by atoms with Crippen molar-refractivity contribution in [3.63, 3.8) is 0 Å². The average Bonchev–Trinajstić information content (AvgIpc) is 3.31. The van der Waals surface area contributed by atoms with Crippen LogP contribution in [0.4, 0.5) is 0 Å². The largest absolute Gasteiger partial charge is 0.383 e. The molecular weight excluding hydrogens is 444 g/mol. The minimum absolute atomic E-state index is 0.324. The molecule has 2 aliphatic rings. The van der Waals surface area contributed by atoms with Crippen LogP contribution in [0.1, 0.15) is 24.0 Å². The summed E-state index contributed by atoms with van der Waals surface area (Å²) in [4.78, 5) is 2.96. The highest BCUT2D eigenvalue weighted by Crippen LogP contribution is 2.30. The number of nitrogens with zero attached hydrogens (tertiary/aromatic N) is 2. The maximum Gasteiger partial charge on any atom is 0.243 e. The number of fused-ring (bicyclic) bond motifs is 2. The second-order valence-electron chi connectivity index (χ2n) is 9.70. The fourth-order valence-electron chi connectivity index (χ4n) is 5.64. The summed E-state index contributed by atoms with van der Waals surface area (Å²) in [6.07, 6.45) is 4.38. The van der Waals surface area contributed by atoms with Gasteiger partial charge in [-0.25, -0.2) is 8.42 Å². The van der Waals surface area contributed by atoms with E-state index in [-0.39, 0.29) is 0 Å². The summed E-state index contributed by atoms with van der Waals surface area (Å²) in [6.45, 7) is 3.35. The van der Waals surface area contributed by atoms with E-state index >= 15 is 0 Å². The van der Waals surface area contributed by atoms with E-state index in [2.05, 4.69) is 29.2 Å². The van der Waals surface area contributed by atoms with Crippen LogP contribution in [0.2, 0.25) is 0 Å². The van der Waals surface area contributed by atoms with Gasteiger partial charge in [0.05, 0.1) is 11.5 Å². The Labute approximate surface area is 203 Å². The third-order valence-electron chi connectivity index (χ3n) is 7.46. The van der Waals surface area contributed by atoms with Gasteiger partial charge in [-0.2, -0.15) is 4.31 Å². The molecule has 6 heteroatoms. The van der Waals surface area contributed by atoms with Gasteiger partial charge in [-0.3, -0.25) is 4.90 Å². The number of methoxy groups -OCH3 is 1. The SMILES string of the molecule is COCCN(CC1CCCN(C2Cc3ccccc3C2)C1)S(=O)(=O)c1ccc2ccccc2c1. The molecule has 0 aromatic heterocycles. The summed E-state index contributed by atoms with van der Waals surface area (Å²) in [6, 6.07) is 22.6. The molecule has 0 N–H and O–H groups in total. The van der Waals surface area contributed by atoms with E-state index in [0.717, 1.165) is 49.5 Å². The van der Waals surface area contributed by atoms with Crippen LogP contribution in [0.25, 0.3) is 10.8 Å². The van der Waals surface area contributed by atoms with Crippen LogP contribution >= 0.6 is 0 Å². The first-order valence-electron chi connectivity index (χ1n) is 12.3. The smallest absolute Gasteiger partial charge is 0.243 e. The molecule has 1 unspecified atom stereocenters. The minimum atomic E-state index is -3.61. The molecule has 0 spiro atoms. The molecular formula is C28H34N2O3S. The highest BCUT2D eigenvalue weighted by atomic mass is 32.2. The standard InChI is InChI=1S/C28H34N2O3S/c1-33-16-15-30(34(31,32)28-13-12-23-8-2-3-11-26(23)19-28)21-22-7-6-14-29(20-22)27-17-24-9-4-5-10-25(24)18-27/h2-5,8-13,19,22,27H,6-7,14-18,20-21H2,1H3. The molecule has 1 fully saturated rings. The van der Waals surface area contributed by atoms with Gasteiger partial charge in [-0.1, -0.05) is 54.6 Å². The molecule has 5 rings (SSSR count). The summed E-state index contributed by atoms with van der Waals surface area (Å²) >= 11 is 0. The highest BCUT2D eigenvalue weighted by Gasteiger charge is 2.33. The van der Waals surface area contributed by atoms with Crippen molar-refractivity contribution in [1.82, 2.24) is 9.21 Å². The van der Waals surface area contributed by atoms with Gasteiger partial charge < -0.3 is 4.74 Å². The molecule has 180 valence electrons. The second-order valence-corrected chi connectivity index (χ2v) is 11.6. The minimum Gasteiger partial charge on any atom is -0.383 e. The van der Waals surface area contributed by atoms with Gasteiger partial charge >= 0.3 is 0 Å². The van der Waals surface area contributed by atoms with Crippen LogP contribution in [-0.2, 0) is 27.6 Å². The van der Waals surface area contributed by atoms with E-state index in [0.29, 0.717) is 36.6 Å². The number of piperidine rings is 1. The van der Waals surface area contributed by atoms with E-state index in [1.54, 1.807) is 23.5 Å². The number of rotatable bonds is 8. The molecule has 1 aliphatic carbocycles. The number of sulfonamides is 1. The molecule has 0 bridgehead atoms. The molecule has 34 heavy (non-hydrogen) atoms. The summed E-state index contributed by atoms with van der Waals surface area (Å²) < 4.78 is 34.3. The second kappa shape index (κ2) is 10.2. The van der Waals surface area contributed by atoms with Crippen molar-refractivity contribution in [3.8, 4) is 0 Å². The zero-order chi connectivity index (χ0) is 23.5. The van der Waals surface area contributed by atoms with Gasteiger partial charge in [0.25, 0.3) is 0 Å². The summed E-state index contributed by atoms with van der Waals surface area (Å²) in [5, 5.41) is 1.99. The van der Waals surface area contributed by atoms with Crippen LogP contribution in [0.15, 0.2) is 71.6 Å². The van der Waals surface area contributed by atoms with Gasteiger partial charge in [0.15, 0.2) is 0 Å². The number of hydrogen-bond donors (Lipinski definition) is 0. The van der Waals surface area contributed by atoms with E-state index in [4.69, 9.17) is 4.74 Å². The Hall–Kier alpha value is -2.25. The zero-order valence-corrected chi connectivity index (χ0v) is 20.7. The fraction of sp³-hybridized carbons (Fsp3) is 0.429. The lowest BCUT2D eigenvalue weighted by atomic mass is 9.96. The van der Waals surface area contributed by atoms with Crippen molar-refractivity contribution >= 4 is 20.8 Å². The molecule has 0 amide bonds. The molecule has 3 aromatic carbocycles. The predicted octanol–water partition coefficient (Wildman–Crippen LogP) is 4.36. The Bertz CT molecular complexity index is 1220. The third kappa shape index (κ3) is 4.91. The first-order chi connectivity index (χ1) is 16.5. The summed E-state index contributed by atoms with van der Waals surface area (Å²) in [5.41, 5.74) is 2.94. The van der Waals surface area contributed by atoms with E-state index in [1.807, 2.05) is 30.3 Å². The molecule has 5 nitrogen and oxygen atoms in total. The Kier molecular flexibility index (Phi) is 7.02. The van der Waals surface area contributed by atoms with E-state index < -0.39 is 10.0 Å². The molecule has 1 aliphatic heterocycles. The molecule has 3 aromatic rings. The number of hydrogen-bond acceptors (Lipinski definition) is 4. The van der Waals surface area contributed by atoms with E-state index in [1.165, 1.54) is 11.1 Å². The highest BCUT2D eigenvalue weighted by molar-refractivity contribution is 7.89. The van der Waals surface area contributed by atoms with E-state index in [9.17, 15) is 8.42 Å². The molecule has 1 atom stereocenters. The first-order valence-corrected chi connectivity index (χ1v) is 13.8. The van der Waals surface area contributed by atoms with Crippen molar-refractivity contribution in [2.24, 2.45) is 5.92 Å². The number of likely N-dealkylation sites (tertiary alicyclic amines) is 1. The Balaban J connectivity index is 1.32. The van der Waals surface area contributed by atoms with Gasteiger partial charge in [0.2, 0.25) is 10.0 Å². The Morgan fingerprint density at radius 1 is 0.971 bits per heavy atom.